The van der Waals surface area contributed by atoms with Crippen molar-refractivity contribution < 1.29 is 17.6 Å². The van der Waals surface area contributed by atoms with Crippen molar-refractivity contribution in [1.29, 1.82) is 0 Å². The second-order valence-corrected chi connectivity index (χ2v) is 2.85. The van der Waals surface area contributed by atoms with Crippen LogP contribution in [0.25, 0.3) is 0 Å². The number of hydrogen-bond donors (Lipinski definition) is 0. The Bertz CT molecular complexity index is 349. The molecule has 12 heavy (non-hydrogen) atoms. The van der Waals surface area contributed by atoms with E-state index in [9.17, 15) is 17.6 Å². The fourth-order valence-electron chi connectivity index (χ4n) is 0.480. The largest absolute Gasteiger partial charge is 0.260 e. The molecule has 0 aromatic carbocycles. The summed E-state index contributed by atoms with van der Waals surface area (Å²) in [4.78, 5) is 2.58. The van der Waals surface area contributed by atoms with Crippen molar-refractivity contribution in [1.82, 2.24) is 0 Å². The van der Waals surface area contributed by atoms with Crippen molar-refractivity contribution in [3.63, 3.8) is 0 Å². The molecule has 0 aromatic heterocycles. The van der Waals surface area contributed by atoms with Crippen LogP contribution >= 0.6 is 22.6 Å². The van der Waals surface area contributed by atoms with Crippen molar-refractivity contribution in [2.24, 2.45) is 4.99 Å². The summed E-state index contributed by atoms with van der Waals surface area (Å²) in [5, 5.41) is 0. The molecule has 0 radical (unpaired) electrons. The third-order valence-electron chi connectivity index (χ3n) is 1.01. The zero-order chi connectivity index (χ0) is 9.30. The molecule has 64 valence electrons. The van der Waals surface area contributed by atoms with E-state index in [2.05, 4.69) is 4.99 Å². The average molecular weight is 289 g/mol. The molecular formula is C6F4IN. The van der Waals surface area contributed by atoms with Gasteiger partial charge in [0.2, 0.25) is 11.7 Å². The zero-order valence-electron chi connectivity index (χ0n) is 5.34. The van der Waals surface area contributed by atoms with Gasteiger partial charge in [-0.05, 0) is 22.6 Å². The predicted octanol–water partition coefficient (Wildman–Crippen LogP) is 3.25. The number of halogens is 5. The van der Waals surface area contributed by atoms with Gasteiger partial charge < -0.3 is 0 Å². The Balaban J connectivity index is 3.39. The van der Waals surface area contributed by atoms with Crippen molar-refractivity contribution in [2.75, 3.05) is 0 Å². The molecule has 1 aliphatic heterocycles. The highest BCUT2D eigenvalue weighted by atomic mass is 127. The topological polar surface area (TPSA) is 12.4 Å². The zero-order valence-corrected chi connectivity index (χ0v) is 7.49. The SMILES string of the molecule is FC1=C=NC(F)=C(F)C(F)=C1I. The average Bonchev–Trinajstić information content (AvgIpc) is 2.14. The molecule has 0 N–H and O–H groups in total. The van der Waals surface area contributed by atoms with Crippen molar-refractivity contribution >= 4 is 28.5 Å². The maximum atomic E-state index is 12.6. The minimum atomic E-state index is -1.81. The molecule has 0 spiro atoms. The maximum absolute atomic E-state index is 12.6. The molecule has 0 amide bonds. The summed E-state index contributed by atoms with van der Waals surface area (Å²) in [6.07, 6.45) is 0. The highest BCUT2D eigenvalue weighted by molar-refractivity contribution is 14.1. The molecule has 0 saturated carbocycles. The van der Waals surface area contributed by atoms with Gasteiger partial charge in [-0.1, -0.05) is 0 Å². The number of hydrogen-bond acceptors (Lipinski definition) is 1. The molecule has 1 aliphatic rings. The molecule has 0 aromatic rings. The lowest BCUT2D eigenvalue weighted by Crippen LogP contribution is -1.81. The van der Waals surface area contributed by atoms with Crippen LogP contribution in [0.4, 0.5) is 17.6 Å². The lowest BCUT2D eigenvalue weighted by molar-refractivity contribution is 0.489. The van der Waals surface area contributed by atoms with Crippen LogP contribution in [0.15, 0.2) is 32.0 Å². The first-order valence-corrected chi connectivity index (χ1v) is 3.72. The van der Waals surface area contributed by atoms with Gasteiger partial charge in [0.25, 0.3) is 5.95 Å². The van der Waals surface area contributed by atoms with Crippen LogP contribution in [-0.2, 0) is 0 Å². The predicted molar refractivity (Wildman–Crippen MR) is 43.5 cm³/mol. The Hall–Kier alpha value is -0.620. The summed E-state index contributed by atoms with van der Waals surface area (Å²) in [7, 11) is 0. The smallest absolute Gasteiger partial charge is 0.202 e. The first-order chi connectivity index (χ1) is 5.54. The van der Waals surface area contributed by atoms with Crippen LogP contribution in [0.1, 0.15) is 0 Å². The Morgan fingerprint density at radius 2 is 1.67 bits per heavy atom. The van der Waals surface area contributed by atoms with E-state index in [0.29, 0.717) is 0 Å². The van der Waals surface area contributed by atoms with Gasteiger partial charge in [0.15, 0.2) is 5.83 Å². The van der Waals surface area contributed by atoms with Crippen LogP contribution in [0.3, 0.4) is 0 Å². The molecule has 0 fully saturated rings. The van der Waals surface area contributed by atoms with Crippen molar-refractivity contribution in [2.45, 2.75) is 0 Å². The van der Waals surface area contributed by atoms with Crippen LogP contribution in [-0.4, -0.2) is 5.87 Å². The fourth-order valence-corrected chi connectivity index (χ4v) is 0.837. The van der Waals surface area contributed by atoms with Crippen LogP contribution < -0.4 is 0 Å². The number of nitrogens with zero attached hydrogens (tertiary/aromatic N) is 1. The monoisotopic (exact) mass is 289 g/mol. The van der Waals surface area contributed by atoms with E-state index in [1.165, 1.54) is 28.5 Å². The standard InChI is InChI=1S/C6F4IN/c7-2-1-12-6(10)4(9)3(8)5(2)11. The molecule has 1 rings (SSSR count). The first kappa shape index (κ1) is 9.47. The minimum absolute atomic E-state index is 0.679. The molecule has 1 nitrogen and oxygen atoms in total. The first-order valence-electron chi connectivity index (χ1n) is 2.64. The second-order valence-electron chi connectivity index (χ2n) is 1.77. The third-order valence-corrected chi connectivity index (χ3v) is 1.96. The minimum Gasteiger partial charge on any atom is -0.202 e. The molecule has 0 bridgehead atoms. The van der Waals surface area contributed by atoms with E-state index in [4.69, 9.17) is 0 Å². The van der Waals surface area contributed by atoms with Gasteiger partial charge in [-0.15, -0.1) is 0 Å². The molecule has 0 saturated heterocycles. The third kappa shape index (κ3) is 1.59. The summed E-state index contributed by atoms with van der Waals surface area (Å²) in [5.74, 6) is -4.84. The van der Waals surface area contributed by atoms with E-state index in [1.54, 1.807) is 0 Å². The molecule has 0 atom stereocenters. The fraction of sp³-hybridized carbons (Fsp3) is 0. The Morgan fingerprint density at radius 1 is 1.08 bits per heavy atom. The summed E-state index contributed by atoms with van der Waals surface area (Å²) in [6.45, 7) is 0. The lowest BCUT2D eigenvalue weighted by Gasteiger charge is -1.93. The highest BCUT2D eigenvalue weighted by Crippen LogP contribution is 2.31. The van der Waals surface area contributed by atoms with Gasteiger partial charge in [0, 0.05) is 5.87 Å². The van der Waals surface area contributed by atoms with Gasteiger partial charge in [-0.2, -0.15) is 18.2 Å². The molecule has 0 unspecified atom stereocenters. The van der Waals surface area contributed by atoms with E-state index >= 15 is 0 Å². The van der Waals surface area contributed by atoms with Gasteiger partial charge in [-0.3, -0.25) is 0 Å². The molecule has 6 heteroatoms. The molecule has 1 heterocycles. The maximum Gasteiger partial charge on any atom is 0.260 e. The van der Waals surface area contributed by atoms with Gasteiger partial charge in [0.05, 0.1) is 3.58 Å². The molecular weight excluding hydrogens is 289 g/mol. The normalized spacial score (nSPS) is 18.2. The Morgan fingerprint density at radius 3 is 2.25 bits per heavy atom. The van der Waals surface area contributed by atoms with Gasteiger partial charge >= 0.3 is 0 Å². The number of rotatable bonds is 0. The lowest BCUT2D eigenvalue weighted by atomic mass is 10.4. The second kappa shape index (κ2) is 3.40. The summed E-state index contributed by atoms with van der Waals surface area (Å²) < 4.78 is 49.0. The van der Waals surface area contributed by atoms with Crippen LogP contribution in [0, 0.1) is 0 Å². The Kier molecular flexibility index (Phi) is 2.69. The van der Waals surface area contributed by atoms with Crippen LogP contribution in [0.2, 0.25) is 0 Å². The van der Waals surface area contributed by atoms with Crippen LogP contribution in [0.5, 0.6) is 0 Å². The van der Waals surface area contributed by atoms with Crippen molar-refractivity contribution in [3.8, 4) is 0 Å². The summed E-state index contributed by atoms with van der Waals surface area (Å²) in [5.41, 5.74) is 0. The van der Waals surface area contributed by atoms with Gasteiger partial charge in [-0.25, -0.2) is 4.39 Å². The van der Waals surface area contributed by atoms with Gasteiger partial charge in [0.1, 0.15) is 0 Å². The van der Waals surface area contributed by atoms with E-state index in [1.807, 2.05) is 0 Å². The summed E-state index contributed by atoms with van der Waals surface area (Å²) in [6, 6.07) is 0. The number of aliphatic imine (C=N–C) groups is 1. The van der Waals surface area contributed by atoms with Crippen molar-refractivity contribution in [3.05, 3.63) is 27.0 Å². The molecule has 0 aliphatic carbocycles. The Labute approximate surface area is 78.3 Å². The van der Waals surface area contributed by atoms with E-state index in [0.717, 1.165) is 0 Å². The number of allylic oxidation sites excluding steroid dienone is 4. The summed E-state index contributed by atoms with van der Waals surface area (Å²) >= 11 is 1.19. The highest BCUT2D eigenvalue weighted by Gasteiger charge is 2.20. The quantitative estimate of drug-likeness (QED) is 0.369. The van der Waals surface area contributed by atoms with E-state index in [-0.39, 0.29) is 0 Å². The van der Waals surface area contributed by atoms with E-state index < -0.39 is 27.0 Å².